The zero-order valence-electron chi connectivity index (χ0n) is 53.2. The zero-order valence-corrected chi connectivity index (χ0v) is 59.0. The fraction of sp³-hybridized carbons (Fsp3) is 0.523. The van der Waals surface area contributed by atoms with E-state index >= 15 is 0 Å². The molecule has 7 nitrogen and oxygen atoms in total. The average molecular weight is 1160 g/mol. The molecule has 0 spiro atoms. The summed E-state index contributed by atoms with van der Waals surface area (Å²) in [6.07, 6.45) is 0. The van der Waals surface area contributed by atoms with Gasteiger partial charge >= 0.3 is 22.8 Å². The Balaban J connectivity index is 1.67. The summed E-state index contributed by atoms with van der Waals surface area (Å²) < 4.78 is 43.6. The van der Waals surface area contributed by atoms with Gasteiger partial charge in [0.15, 0.2) is 0 Å². The van der Waals surface area contributed by atoms with Gasteiger partial charge in [-0.3, -0.25) is 0 Å². The molecule has 13 heteroatoms. The second-order valence-electron chi connectivity index (χ2n) is 31.2. The summed E-state index contributed by atoms with van der Waals surface area (Å²) in [7, 11) is -13.2. The van der Waals surface area contributed by atoms with Crippen molar-refractivity contribution in [3.8, 4) is 28.4 Å². The van der Waals surface area contributed by atoms with E-state index < -0.39 is 55.1 Å². The molecule has 0 N–H and O–H groups in total. The SMILES string of the molecule is CC(C)c1cc2c(c(C(C)C)c1)OP(Oc1c(-c3cc(C(C)(C)C)cc([Si](C)(C)C)c3Op3oc4c([Si](C)(C)C)cc(C(C)(C)C)cc4c4cc(C(C)(C)C)cc([Si](C)(C)C)c4o3)cc(C(C)(C)C)cc1[Si](C)(C)C)OC2=O. The highest BCUT2D eigenvalue weighted by molar-refractivity contribution is 7.43. The maximum absolute atomic E-state index is 14.4. The lowest BCUT2D eigenvalue weighted by molar-refractivity contribution is 0.0696. The molecular formula is C65H96O7P2Si4. The molecule has 6 aromatic rings. The van der Waals surface area contributed by atoms with Crippen molar-refractivity contribution in [2.45, 2.75) is 223 Å². The van der Waals surface area contributed by atoms with Crippen molar-refractivity contribution in [3.63, 3.8) is 0 Å². The first kappa shape index (κ1) is 61.8. The quantitative estimate of drug-likeness (QED) is 0.0944. The Labute approximate surface area is 477 Å². The van der Waals surface area contributed by atoms with Crippen LogP contribution in [0.3, 0.4) is 0 Å². The summed E-state index contributed by atoms with van der Waals surface area (Å²) in [5.41, 5.74) is 10.2. The molecule has 0 radical (unpaired) electrons. The summed E-state index contributed by atoms with van der Waals surface area (Å²) in [6.45, 7) is 64.9. The molecule has 1 aromatic heterocycles. The second-order valence-corrected chi connectivity index (χ2v) is 53.3. The first-order valence-corrected chi connectivity index (χ1v) is 44.6. The third-order valence-corrected chi connectivity index (χ3v) is 25.2. The minimum absolute atomic E-state index is 0.0956. The highest BCUT2D eigenvalue weighted by Crippen LogP contribution is 2.54. The lowest BCUT2D eigenvalue weighted by Gasteiger charge is -2.32. The molecule has 0 fully saturated rings. The van der Waals surface area contributed by atoms with Gasteiger partial charge in [0, 0.05) is 21.9 Å². The molecule has 7 rings (SSSR count). The third kappa shape index (κ3) is 12.9. The fourth-order valence-corrected chi connectivity index (χ4v) is 18.3. The topological polar surface area (TPSA) is 80.3 Å². The summed E-state index contributed by atoms with van der Waals surface area (Å²) >= 11 is 0. The third-order valence-electron chi connectivity index (χ3n) is 15.3. The van der Waals surface area contributed by atoms with E-state index in [1.165, 1.54) is 32.6 Å². The molecule has 1 atom stereocenters. The number of carbonyl (C=O) groups is 1. The largest absolute Gasteiger partial charge is 0.532 e. The van der Waals surface area contributed by atoms with E-state index in [-0.39, 0.29) is 33.5 Å². The van der Waals surface area contributed by atoms with Crippen LogP contribution in [0.1, 0.15) is 166 Å². The van der Waals surface area contributed by atoms with E-state index in [2.05, 4.69) is 244 Å². The highest BCUT2D eigenvalue weighted by Gasteiger charge is 2.40. The van der Waals surface area contributed by atoms with Crippen LogP contribution in [-0.2, 0) is 26.2 Å². The van der Waals surface area contributed by atoms with Gasteiger partial charge in [0.2, 0.25) is 0 Å². The minimum atomic E-state index is -2.30. The van der Waals surface area contributed by atoms with Crippen LogP contribution in [0.15, 0.2) is 69.1 Å². The van der Waals surface area contributed by atoms with Crippen LogP contribution in [-0.4, -0.2) is 38.3 Å². The summed E-state index contributed by atoms with van der Waals surface area (Å²) in [4.78, 5) is 14.4. The number of fused-ring (bicyclic) bond motifs is 4. The monoisotopic (exact) mass is 1160 g/mol. The predicted octanol–water partition coefficient (Wildman–Crippen LogP) is 19.3. The van der Waals surface area contributed by atoms with Crippen molar-refractivity contribution < 1.29 is 31.3 Å². The van der Waals surface area contributed by atoms with Crippen molar-refractivity contribution in [1.29, 1.82) is 0 Å². The van der Waals surface area contributed by atoms with Crippen molar-refractivity contribution in [3.05, 3.63) is 99.6 Å². The number of hydrogen-bond donors (Lipinski definition) is 0. The Hall–Kier alpha value is -3.83. The lowest BCUT2D eigenvalue weighted by atomic mass is 9.83. The first-order chi connectivity index (χ1) is 35.3. The van der Waals surface area contributed by atoms with E-state index in [0.717, 1.165) is 60.3 Å². The van der Waals surface area contributed by atoms with Gasteiger partial charge in [0.05, 0.1) is 32.3 Å². The highest BCUT2D eigenvalue weighted by atomic mass is 31.2. The Morgan fingerprint density at radius 3 is 1.13 bits per heavy atom. The molecule has 1 unspecified atom stereocenters. The molecule has 424 valence electrons. The molecular weight excluding hydrogens is 1070 g/mol. The van der Waals surface area contributed by atoms with E-state index in [4.69, 9.17) is 26.5 Å². The molecule has 1 aliphatic heterocycles. The van der Waals surface area contributed by atoms with Crippen LogP contribution in [0.25, 0.3) is 33.1 Å². The van der Waals surface area contributed by atoms with E-state index in [9.17, 15) is 4.79 Å². The van der Waals surface area contributed by atoms with Crippen molar-refractivity contribution >= 4 is 97.8 Å². The van der Waals surface area contributed by atoms with E-state index in [0.29, 0.717) is 17.1 Å². The summed E-state index contributed by atoms with van der Waals surface area (Å²) in [5, 5.41) is 6.92. The van der Waals surface area contributed by atoms with Gasteiger partial charge in [-0.15, -0.1) is 0 Å². The molecule has 0 saturated heterocycles. The van der Waals surface area contributed by atoms with Crippen LogP contribution >= 0.6 is 16.8 Å². The lowest BCUT2D eigenvalue weighted by Crippen LogP contribution is -2.40. The first-order valence-electron chi connectivity index (χ1n) is 28.4. The van der Waals surface area contributed by atoms with Crippen LogP contribution in [0.5, 0.6) is 17.2 Å². The average Bonchev–Trinajstić information content (AvgIpc) is 3.41. The van der Waals surface area contributed by atoms with Crippen LogP contribution in [0, 0.1) is 0 Å². The smallest absolute Gasteiger partial charge is 0.408 e. The normalized spacial score (nSPS) is 15.3. The van der Waals surface area contributed by atoms with Crippen LogP contribution in [0.2, 0.25) is 78.6 Å². The Morgan fingerprint density at radius 1 is 0.423 bits per heavy atom. The molecule has 78 heavy (non-hydrogen) atoms. The van der Waals surface area contributed by atoms with Crippen molar-refractivity contribution in [2.24, 2.45) is 0 Å². The number of benzene rings is 5. The standard InChI is InChI=1S/C65H96O7P2Si4/c1-39(2)41-29-46(40(3)4)56-51(30-41)61(66)72-74(67-56)71-60-50(34-45(65(14,15)16)38-55(60)78(26,27)28)49-33-44(64(11,12)13)37-54(77(23,24)25)59(49)70-73-68-57-47(31-42(62(5,6)7)35-52(57)75(17,18)19)48-32-43(63(8,9)10)36-53(58(48)69-73)76(20,21)22/h29-40H,1-28H3. The van der Waals surface area contributed by atoms with Gasteiger partial charge in [0.1, 0.15) is 34.0 Å². The van der Waals surface area contributed by atoms with Gasteiger partial charge in [0.25, 0.3) is 0 Å². The molecule has 0 amide bonds. The minimum Gasteiger partial charge on any atom is -0.408 e. The predicted molar refractivity (Wildman–Crippen MR) is 349 cm³/mol. The van der Waals surface area contributed by atoms with Crippen molar-refractivity contribution in [1.82, 2.24) is 0 Å². The molecule has 0 aliphatic carbocycles. The number of carbonyl (C=O) groups excluding carboxylic acids is 1. The maximum Gasteiger partial charge on any atom is 0.532 e. The molecule has 1 aliphatic rings. The molecule has 0 saturated carbocycles. The molecule has 5 aromatic carbocycles. The van der Waals surface area contributed by atoms with Crippen LogP contribution in [0.4, 0.5) is 0 Å². The van der Waals surface area contributed by atoms with Gasteiger partial charge in [-0.1, -0.05) is 220 Å². The summed E-state index contributed by atoms with van der Waals surface area (Å²) in [6, 6.07) is 23.1. The Kier molecular flexibility index (Phi) is 16.5. The second kappa shape index (κ2) is 20.9. The Bertz CT molecular complexity index is 3260. The van der Waals surface area contributed by atoms with Gasteiger partial charge < -0.3 is 26.5 Å². The fourth-order valence-electron chi connectivity index (χ4n) is 9.96. The molecule has 2 heterocycles. The zero-order chi connectivity index (χ0) is 58.7. The maximum atomic E-state index is 14.4. The van der Waals surface area contributed by atoms with Crippen molar-refractivity contribution in [2.75, 3.05) is 0 Å². The van der Waals surface area contributed by atoms with Gasteiger partial charge in [-0.25, -0.2) is 4.79 Å². The van der Waals surface area contributed by atoms with E-state index in [1.807, 2.05) is 6.07 Å². The van der Waals surface area contributed by atoms with Gasteiger partial charge in [-0.05, 0) is 118 Å². The van der Waals surface area contributed by atoms with Gasteiger partial charge in [-0.2, -0.15) is 0 Å². The number of hydrogen-bond acceptors (Lipinski definition) is 7. The summed E-state index contributed by atoms with van der Waals surface area (Å²) in [5.74, 6) is 1.82. The molecule has 0 bridgehead atoms. The Morgan fingerprint density at radius 2 is 0.782 bits per heavy atom. The van der Waals surface area contributed by atoms with Crippen LogP contribution < -0.4 is 34.3 Å². The number of rotatable bonds is 11. The van der Waals surface area contributed by atoms with E-state index in [1.54, 1.807) is 0 Å².